The summed E-state index contributed by atoms with van der Waals surface area (Å²) in [5, 5.41) is 120. The first-order valence-corrected chi connectivity index (χ1v) is 49.0. The Morgan fingerprint density at radius 1 is 0.385 bits per heavy atom. The fraction of sp³-hybridized carbons (Fsp3) is 0.739. The van der Waals surface area contributed by atoms with Crippen LogP contribution in [0.25, 0.3) is 0 Å². The van der Waals surface area contributed by atoms with Crippen LogP contribution in [-0.2, 0) is 110 Å². The number of hydrogen-bond donors (Lipinski definition) is 29. The number of likely N-dealkylation sites (tertiary alicyclic amines) is 2. The Morgan fingerprint density at radius 3 is 1.18 bits per heavy atom. The molecule has 2 saturated heterocycles. The number of aliphatic hydroxyl groups is 5. The topological polar surface area (TPSA) is 870 Å². The molecule has 2 rings (SSSR count). The van der Waals surface area contributed by atoms with E-state index in [9.17, 15) is 151 Å². The van der Waals surface area contributed by atoms with E-state index >= 15 is 0 Å². The smallest absolute Gasteiger partial charge is 0.328 e. The van der Waals surface area contributed by atoms with Crippen LogP contribution in [0.4, 0.5) is 0 Å². The van der Waals surface area contributed by atoms with Gasteiger partial charge in [0.25, 0.3) is 0 Å². The zero-order valence-electron chi connectivity index (χ0n) is 83.1. The van der Waals surface area contributed by atoms with Crippen LogP contribution in [0.3, 0.4) is 0 Å². The molecule has 2 fully saturated rings. The number of primary amides is 1. The molecule has 0 radical (unpaired) electrons. The maximum absolute atomic E-state index is 14.6. The molecule has 0 aromatic carbocycles. The van der Waals surface area contributed by atoms with Gasteiger partial charge in [-0.15, -0.1) is 0 Å². The number of carbonyl (C=O) groups is 23. The van der Waals surface area contributed by atoms with Crippen LogP contribution in [0.2, 0.25) is 0 Å². The quantitative estimate of drug-likeness (QED) is 0.0251. The van der Waals surface area contributed by atoms with Gasteiger partial charge in [-0.2, -0.15) is 11.8 Å². The Labute approximate surface area is 832 Å². The number of thioether (sulfide) groups is 1. The number of aliphatic hydroxyl groups excluding tert-OH is 5. The standard InChI is InChI=1S/C88H151N23O31S/c1-14-45(10)68(108-73(126)50(25-26-63(119)120)96-71(124)49(22-16-18-29-90)95-72(125)51(27-32-143-13)97-80(133)59-23-19-30-110(59)62(118)36-93-82(135)69(47(12)116)109-70(123)48(91)21-15-17-28-89)86(139)100-53(34-61(92)117)75(128)98-52(33-41(2)3)74(127)94-46(11)87(140)111-31-20-24-60(111)81(134)99-54(35-64(121)122)76(129)101-55(37-112)77(130)102-56(38-113)78(131)103-57(39-114)79(132)105-66(43(6)7)84(137)107-67(44(8)9)85(138)106-65(42(4)5)83(136)104-58(40-115)88(141)142/h41-60,65-69,112-116H,14-40,89-91H2,1-13H3,(H2,92,117)(H,93,135)(H,94,127)(H,95,125)(H,96,124)(H,97,133)(H,98,128)(H,99,134)(H,100,139)(H,101,129)(H,102,130)(H,103,131)(H,104,136)(H,105,132)(H,106,138)(H,107,137)(H,108,126)(H,109,123)(H,119,120)(H,121,122)(H,141,142)/t45-,46-,47+,48-,49-,50-,51-,52-,53-,54-,55-,56-,57-,58-,59-,60-,65-,66-,67-,68-,69-/m0/s1. The minimum atomic E-state index is -2.10. The summed E-state index contributed by atoms with van der Waals surface area (Å²) < 4.78 is 0. The largest absolute Gasteiger partial charge is 0.481 e. The number of hydrogen-bond acceptors (Lipinski definition) is 32. The van der Waals surface area contributed by atoms with Crippen molar-refractivity contribution in [2.45, 2.75) is 313 Å². The molecule has 0 aromatic rings. The molecule has 143 heavy (non-hydrogen) atoms. The van der Waals surface area contributed by atoms with E-state index in [1.165, 1.54) is 79.0 Å². The molecule has 2 aliphatic rings. The summed E-state index contributed by atoms with van der Waals surface area (Å²) in [4.78, 5) is 316. The SMILES string of the molecule is CC[C@H](C)[C@H](NC(=O)[C@H](CCC(=O)O)NC(=O)[C@H](CCCCN)NC(=O)[C@H](CCSC)NC(=O)[C@@H]1CCCN1C(=O)CNC(=O)[C@@H](NC(=O)[C@@H](N)CCCCN)[C@@H](C)O)C(=O)N[C@@H](CC(N)=O)C(=O)N[C@@H](CC(C)C)C(=O)N[C@@H](C)C(=O)N1CCC[C@H]1C(=O)N[C@@H](CC(=O)O)C(=O)N[C@@H](CO)C(=O)N[C@@H](CO)C(=O)N[C@@H](CO)C(=O)N[C@H](C(=O)N[C@H](C(=O)N[C@H](C(=O)N[C@@H](CO)C(=O)O)C(C)C)C(C)C)C(C)C. The lowest BCUT2D eigenvalue weighted by molar-refractivity contribution is -0.144. The molecular weight excluding hydrogens is 1910 g/mol. The summed E-state index contributed by atoms with van der Waals surface area (Å²) in [5.41, 5.74) is 22.9. The van der Waals surface area contributed by atoms with E-state index < -0.39 is 345 Å². The third-order valence-corrected chi connectivity index (χ3v) is 24.1. The summed E-state index contributed by atoms with van der Waals surface area (Å²) in [7, 11) is 0. The van der Waals surface area contributed by atoms with Crippen molar-refractivity contribution in [2.75, 3.05) is 71.2 Å². The Bertz CT molecular complexity index is 4340. The van der Waals surface area contributed by atoms with Crippen molar-refractivity contribution in [2.24, 2.45) is 52.5 Å². The fourth-order valence-electron chi connectivity index (χ4n) is 15.0. The number of carboxylic acids is 3. The van der Waals surface area contributed by atoms with Gasteiger partial charge in [-0.05, 0) is 146 Å². The summed E-state index contributed by atoms with van der Waals surface area (Å²) in [6, 6.07) is -30.8. The molecule has 0 aliphatic carbocycles. The van der Waals surface area contributed by atoms with Crippen molar-refractivity contribution in [3.63, 3.8) is 0 Å². The molecule has 0 spiro atoms. The molecule has 54 nitrogen and oxygen atoms in total. The number of rotatable bonds is 67. The number of nitrogens with one attached hydrogen (secondary N) is 17. The first-order valence-electron chi connectivity index (χ1n) is 47.6. The summed E-state index contributed by atoms with van der Waals surface area (Å²) in [5.74, 6) is -29.1. The van der Waals surface area contributed by atoms with Crippen LogP contribution in [-0.4, -0.2) is 379 Å². The predicted molar refractivity (Wildman–Crippen MR) is 510 cm³/mol. The minimum Gasteiger partial charge on any atom is -0.481 e. The zero-order valence-corrected chi connectivity index (χ0v) is 83.9. The number of nitrogens with two attached hydrogens (primary N) is 4. The van der Waals surface area contributed by atoms with E-state index in [2.05, 4.69) is 79.8 Å². The number of unbranched alkanes of at least 4 members (excludes halogenated alkanes) is 2. The van der Waals surface area contributed by atoms with Crippen LogP contribution in [0.5, 0.6) is 0 Å². The number of nitrogens with zero attached hydrogens (tertiary/aromatic N) is 2. The average Bonchev–Trinajstić information content (AvgIpc) is 1.76. The molecule has 2 aliphatic heterocycles. The second-order valence-corrected chi connectivity index (χ2v) is 37.6. The highest BCUT2D eigenvalue weighted by Gasteiger charge is 2.45. The maximum atomic E-state index is 14.6. The second kappa shape index (κ2) is 64.5. The van der Waals surface area contributed by atoms with Gasteiger partial charge < -0.3 is 164 Å². The fourth-order valence-corrected chi connectivity index (χ4v) is 15.5. The first-order chi connectivity index (χ1) is 67.1. The Morgan fingerprint density at radius 2 is 0.748 bits per heavy atom. The molecule has 33 N–H and O–H groups in total. The van der Waals surface area contributed by atoms with E-state index in [1.807, 2.05) is 10.6 Å². The second-order valence-electron chi connectivity index (χ2n) is 36.6. The molecule has 0 bridgehead atoms. The van der Waals surface area contributed by atoms with Gasteiger partial charge in [-0.3, -0.25) is 105 Å². The van der Waals surface area contributed by atoms with E-state index in [4.69, 9.17) is 22.9 Å². The third kappa shape index (κ3) is 43.1. The zero-order chi connectivity index (χ0) is 109. The van der Waals surface area contributed by atoms with Crippen molar-refractivity contribution >= 4 is 148 Å². The van der Waals surface area contributed by atoms with Gasteiger partial charge in [-0.25, -0.2) is 4.79 Å². The maximum Gasteiger partial charge on any atom is 0.328 e. The normalized spacial score (nSPS) is 17.5. The average molecular weight is 2060 g/mol. The number of amides is 20. The van der Waals surface area contributed by atoms with E-state index in [-0.39, 0.29) is 83.2 Å². The highest BCUT2D eigenvalue weighted by Crippen LogP contribution is 2.23. The van der Waals surface area contributed by atoms with Crippen LogP contribution < -0.4 is 113 Å². The van der Waals surface area contributed by atoms with Gasteiger partial charge in [0.05, 0.1) is 58.0 Å². The van der Waals surface area contributed by atoms with Gasteiger partial charge >= 0.3 is 17.9 Å². The number of carbonyl (C=O) groups excluding carboxylic acids is 20. The Hall–Kier alpha value is -12.2. The van der Waals surface area contributed by atoms with Gasteiger partial charge in [0.15, 0.2) is 0 Å². The predicted octanol–water partition coefficient (Wildman–Crippen LogP) is -11.1. The third-order valence-electron chi connectivity index (χ3n) is 23.5. The lowest BCUT2D eigenvalue weighted by Crippen LogP contribution is -2.63. The van der Waals surface area contributed by atoms with Gasteiger partial charge in [0, 0.05) is 19.5 Å². The first kappa shape index (κ1) is 127. The van der Waals surface area contributed by atoms with Gasteiger partial charge in [0.2, 0.25) is 118 Å². The van der Waals surface area contributed by atoms with Crippen LogP contribution in [0, 0.1) is 29.6 Å². The van der Waals surface area contributed by atoms with Crippen LogP contribution in [0.1, 0.15) is 192 Å². The summed E-state index contributed by atoms with van der Waals surface area (Å²) in [6.45, 7) is 12.8. The van der Waals surface area contributed by atoms with Gasteiger partial charge in [0.1, 0.15) is 109 Å². The lowest BCUT2D eigenvalue weighted by Gasteiger charge is -2.30. The molecular formula is C88H151N23O31S. The van der Waals surface area contributed by atoms with E-state index in [0.29, 0.717) is 32.2 Å². The highest BCUT2D eigenvalue weighted by molar-refractivity contribution is 7.98. The molecule has 0 unspecified atom stereocenters. The molecule has 21 atom stereocenters. The monoisotopic (exact) mass is 2060 g/mol. The van der Waals surface area contributed by atoms with Crippen molar-refractivity contribution in [1.29, 1.82) is 0 Å². The molecule has 810 valence electrons. The molecule has 20 amide bonds. The van der Waals surface area contributed by atoms with Crippen molar-refractivity contribution in [3.05, 3.63) is 0 Å². The Balaban J connectivity index is 2.35. The lowest BCUT2D eigenvalue weighted by atomic mass is 9.96. The molecule has 2 heterocycles. The van der Waals surface area contributed by atoms with Crippen LogP contribution >= 0.6 is 11.8 Å². The molecule has 55 heteroatoms. The van der Waals surface area contributed by atoms with E-state index in [1.54, 1.807) is 27.0 Å². The Kier molecular flexibility index (Phi) is 57.2. The van der Waals surface area contributed by atoms with Gasteiger partial charge in [-0.1, -0.05) is 82.1 Å². The van der Waals surface area contributed by atoms with Crippen molar-refractivity contribution in [1.82, 2.24) is 100 Å². The molecule has 0 aromatic heterocycles. The van der Waals surface area contributed by atoms with Crippen LogP contribution in [0.15, 0.2) is 0 Å². The minimum absolute atomic E-state index is 0.0275. The highest BCUT2D eigenvalue weighted by atomic mass is 32.2. The number of aliphatic carboxylic acids is 3. The summed E-state index contributed by atoms with van der Waals surface area (Å²) in [6.07, 6.45) is -1.20. The summed E-state index contributed by atoms with van der Waals surface area (Å²) >= 11 is 1.30. The van der Waals surface area contributed by atoms with Crippen molar-refractivity contribution < 1.29 is 151 Å². The van der Waals surface area contributed by atoms with E-state index in [0.717, 1.165) is 4.90 Å². The molecule has 0 saturated carbocycles. The van der Waals surface area contributed by atoms with Crippen molar-refractivity contribution in [3.8, 4) is 0 Å². The number of carboxylic acid groups (broad SMARTS) is 3.